The van der Waals surface area contributed by atoms with Gasteiger partial charge in [0.15, 0.2) is 5.96 Å². The van der Waals surface area contributed by atoms with Crippen molar-refractivity contribution in [1.29, 1.82) is 0 Å². The first kappa shape index (κ1) is 23.6. The molecule has 0 saturated carbocycles. The molecule has 0 aliphatic carbocycles. The molecule has 1 saturated heterocycles. The van der Waals surface area contributed by atoms with E-state index in [0.717, 1.165) is 50.9 Å². The molecule has 0 spiro atoms. The number of morpholine rings is 1. The Kier molecular flexibility index (Phi) is 11.7. The number of aryl methyl sites for hydroxylation is 1. The van der Waals surface area contributed by atoms with E-state index >= 15 is 0 Å². The van der Waals surface area contributed by atoms with Crippen molar-refractivity contribution in [1.82, 2.24) is 20.5 Å². The van der Waals surface area contributed by atoms with Crippen molar-refractivity contribution in [3.8, 4) is 0 Å². The Bertz CT molecular complexity index is 531. The van der Waals surface area contributed by atoms with E-state index < -0.39 is 0 Å². The highest BCUT2D eigenvalue weighted by atomic mass is 127. The Labute approximate surface area is 179 Å². The quantitative estimate of drug-likeness (QED) is 0.330. The van der Waals surface area contributed by atoms with Gasteiger partial charge in [0.2, 0.25) is 0 Å². The standard InChI is InChI=1S/C18H33N5OS.HI/c1-5-17-22-15(13-25-17)11-20-18(19-4)21-12-16(10-14(2)3)23-6-8-24-9-7-23;/h13-14,16H,5-12H2,1-4H3,(H2,19,20,21);1H. The fourth-order valence-electron chi connectivity index (χ4n) is 3.05. The maximum atomic E-state index is 5.50. The molecule has 0 amide bonds. The summed E-state index contributed by atoms with van der Waals surface area (Å²) in [6.07, 6.45) is 2.17. The molecule has 2 N–H and O–H groups in total. The van der Waals surface area contributed by atoms with Gasteiger partial charge in [-0.2, -0.15) is 0 Å². The molecule has 1 aromatic rings. The minimum Gasteiger partial charge on any atom is -0.379 e. The number of nitrogens with one attached hydrogen (secondary N) is 2. The Balaban J connectivity index is 0.00000338. The molecule has 1 fully saturated rings. The van der Waals surface area contributed by atoms with E-state index in [-0.39, 0.29) is 24.0 Å². The van der Waals surface area contributed by atoms with Crippen LogP contribution < -0.4 is 10.6 Å². The minimum atomic E-state index is 0. The maximum Gasteiger partial charge on any atom is 0.191 e. The number of aliphatic imine (C=N–C) groups is 1. The summed E-state index contributed by atoms with van der Waals surface area (Å²) in [5.41, 5.74) is 1.08. The molecule has 150 valence electrons. The van der Waals surface area contributed by atoms with Crippen molar-refractivity contribution in [3.63, 3.8) is 0 Å². The number of thiazole rings is 1. The zero-order valence-electron chi connectivity index (χ0n) is 16.5. The summed E-state index contributed by atoms with van der Waals surface area (Å²) < 4.78 is 5.50. The molecular formula is C18H34IN5OS. The second kappa shape index (κ2) is 12.9. The van der Waals surface area contributed by atoms with Crippen LogP contribution in [0.1, 0.15) is 37.9 Å². The fraction of sp³-hybridized carbons (Fsp3) is 0.778. The third-order valence-electron chi connectivity index (χ3n) is 4.37. The van der Waals surface area contributed by atoms with Crippen molar-refractivity contribution in [3.05, 3.63) is 16.1 Å². The summed E-state index contributed by atoms with van der Waals surface area (Å²) in [6, 6.07) is 0.508. The molecule has 8 heteroatoms. The first-order valence-electron chi connectivity index (χ1n) is 9.32. The normalized spacial score (nSPS) is 17.0. The van der Waals surface area contributed by atoms with Gasteiger partial charge in [0.1, 0.15) is 0 Å². The predicted molar refractivity (Wildman–Crippen MR) is 121 cm³/mol. The number of nitrogens with zero attached hydrogens (tertiary/aromatic N) is 3. The van der Waals surface area contributed by atoms with E-state index in [9.17, 15) is 0 Å². The Hall–Kier alpha value is -0.450. The molecule has 26 heavy (non-hydrogen) atoms. The summed E-state index contributed by atoms with van der Waals surface area (Å²) in [4.78, 5) is 11.5. The Morgan fingerprint density at radius 2 is 2.08 bits per heavy atom. The van der Waals surface area contributed by atoms with Crippen molar-refractivity contribution in [2.75, 3.05) is 39.9 Å². The van der Waals surface area contributed by atoms with Crippen LogP contribution in [0.25, 0.3) is 0 Å². The molecular weight excluding hydrogens is 461 g/mol. The summed E-state index contributed by atoms with van der Waals surface area (Å²) in [5.74, 6) is 1.51. The lowest BCUT2D eigenvalue weighted by molar-refractivity contribution is 0.0132. The van der Waals surface area contributed by atoms with Gasteiger partial charge in [0.25, 0.3) is 0 Å². The topological polar surface area (TPSA) is 61.8 Å². The molecule has 1 aromatic heterocycles. The van der Waals surface area contributed by atoms with Crippen LogP contribution in [0.15, 0.2) is 10.4 Å². The lowest BCUT2D eigenvalue weighted by Crippen LogP contribution is -2.51. The van der Waals surface area contributed by atoms with Gasteiger partial charge in [-0.15, -0.1) is 35.3 Å². The van der Waals surface area contributed by atoms with Gasteiger partial charge < -0.3 is 15.4 Å². The number of aromatic nitrogens is 1. The van der Waals surface area contributed by atoms with Crippen LogP contribution in [0, 0.1) is 5.92 Å². The van der Waals surface area contributed by atoms with Crippen LogP contribution >= 0.6 is 35.3 Å². The lowest BCUT2D eigenvalue weighted by Gasteiger charge is -2.35. The molecule has 1 aliphatic rings. The molecule has 0 bridgehead atoms. The van der Waals surface area contributed by atoms with E-state index in [2.05, 4.69) is 51.7 Å². The van der Waals surface area contributed by atoms with Crippen molar-refractivity contribution in [2.24, 2.45) is 10.9 Å². The average Bonchev–Trinajstić information content (AvgIpc) is 3.09. The van der Waals surface area contributed by atoms with Crippen LogP contribution in [0.5, 0.6) is 0 Å². The third kappa shape index (κ3) is 8.06. The second-order valence-corrected chi connectivity index (χ2v) is 7.77. The monoisotopic (exact) mass is 495 g/mol. The van der Waals surface area contributed by atoms with Crippen LogP contribution in [0.3, 0.4) is 0 Å². The van der Waals surface area contributed by atoms with Crippen molar-refractivity contribution >= 4 is 41.3 Å². The number of hydrogen-bond donors (Lipinski definition) is 2. The van der Waals surface area contributed by atoms with Crippen molar-refractivity contribution in [2.45, 2.75) is 46.2 Å². The van der Waals surface area contributed by atoms with Gasteiger partial charge in [0, 0.05) is 38.1 Å². The van der Waals surface area contributed by atoms with E-state index in [1.54, 1.807) is 11.3 Å². The van der Waals surface area contributed by atoms with Gasteiger partial charge in [0.05, 0.1) is 30.5 Å². The number of rotatable bonds is 8. The fourth-order valence-corrected chi connectivity index (χ4v) is 3.79. The van der Waals surface area contributed by atoms with Gasteiger partial charge in [-0.25, -0.2) is 4.98 Å². The summed E-state index contributed by atoms with van der Waals surface area (Å²) in [5, 5.41) is 10.2. The Morgan fingerprint density at radius 1 is 1.35 bits per heavy atom. The minimum absolute atomic E-state index is 0. The smallest absolute Gasteiger partial charge is 0.191 e. The summed E-state index contributed by atoms with van der Waals surface area (Å²) in [7, 11) is 1.82. The van der Waals surface area contributed by atoms with E-state index in [0.29, 0.717) is 18.5 Å². The van der Waals surface area contributed by atoms with Crippen LogP contribution in [0.4, 0.5) is 0 Å². The Morgan fingerprint density at radius 3 is 2.65 bits per heavy atom. The first-order valence-corrected chi connectivity index (χ1v) is 10.2. The molecule has 0 aromatic carbocycles. The SMILES string of the molecule is CCc1nc(CNC(=NC)NCC(CC(C)C)N2CCOCC2)cs1.I. The number of halogens is 1. The van der Waals surface area contributed by atoms with Crippen molar-refractivity contribution < 1.29 is 4.74 Å². The lowest BCUT2D eigenvalue weighted by atomic mass is 10.0. The zero-order chi connectivity index (χ0) is 18.1. The summed E-state index contributed by atoms with van der Waals surface area (Å²) in [6.45, 7) is 12.0. The van der Waals surface area contributed by atoms with Gasteiger partial charge >= 0.3 is 0 Å². The van der Waals surface area contributed by atoms with E-state index in [4.69, 9.17) is 4.74 Å². The maximum absolute atomic E-state index is 5.50. The highest BCUT2D eigenvalue weighted by Gasteiger charge is 2.22. The highest BCUT2D eigenvalue weighted by molar-refractivity contribution is 14.0. The molecule has 1 aliphatic heterocycles. The number of hydrogen-bond acceptors (Lipinski definition) is 5. The van der Waals surface area contributed by atoms with Gasteiger partial charge in [-0.1, -0.05) is 20.8 Å². The molecule has 2 heterocycles. The highest BCUT2D eigenvalue weighted by Crippen LogP contribution is 2.13. The van der Waals surface area contributed by atoms with Gasteiger partial charge in [-0.3, -0.25) is 9.89 Å². The predicted octanol–water partition coefficient (Wildman–Crippen LogP) is 2.74. The zero-order valence-corrected chi connectivity index (χ0v) is 19.6. The average molecular weight is 495 g/mol. The largest absolute Gasteiger partial charge is 0.379 e. The number of ether oxygens (including phenoxy) is 1. The molecule has 1 unspecified atom stereocenters. The third-order valence-corrected chi connectivity index (χ3v) is 5.41. The number of guanidine groups is 1. The van der Waals surface area contributed by atoms with Crippen LogP contribution in [-0.4, -0.2) is 61.8 Å². The second-order valence-electron chi connectivity index (χ2n) is 6.82. The van der Waals surface area contributed by atoms with Crippen LogP contribution in [0.2, 0.25) is 0 Å². The van der Waals surface area contributed by atoms with Crippen LogP contribution in [-0.2, 0) is 17.7 Å². The van der Waals surface area contributed by atoms with E-state index in [1.165, 1.54) is 11.4 Å². The molecule has 1 atom stereocenters. The van der Waals surface area contributed by atoms with Gasteiger partial charge in [-0.05, 0) is 18.8 Å². The first-order chi connectivity index (χ1) is 12.1. The molecule has 2 rings (SSSR count). The molecule has 0 radical (unpaired) electrons. The molecule has 6 nitrogen and oxygen atoms in total. The summed E-state index contributed by atoms with van der Waals surface area (Å²) >= 11 is 1.72. The van der Waals surface area contributed by atoms with E-state index in [1.807, 2.05) is 7.05 Å².